The van der Waals surface area contributed by atoms with E-state index in [1.54, 1.807) is 25.1 Å². The van der Waals surface area contributed by atoms with E-state index in [-0.39, 0.29) is 29.0 Å². The number of carbonyl (C=O) groups excluding carboxylic acids is 1. The number of amidine groups is 1. The van der Waals surface area contributed by atoms with Crippen molar-refractivity contribution >= 4 is 57.4 Å². The van der Waals surface area contributed by atoms with Crippen molar-refractivity contribution in [2.24, 2.45) is 10.9 Å². The number of amides is 1. The summed E-state index contributed by atoms with van der Waals surface area (Å²) in [6.07, 6.45) is -1.81. The Balaban J connectivity index is 1.36. The molecule has 1 N–H and O–H groups in total. The lowest BCUT2D eigenvalue weighted by Crippen LogP contribution is -2.38. The molecule has 3 heterocycles. The molecule has 7 nitrogen and oxygen atoms in total. The van der Waals surface area contributed by atoms with E-state index in [9.17, 15) is 27.9 Å². The largest absolute Gasteiger partial charge is 0.481 e. The summed E-state index contributed by atoms with van der Waals surface area (Å²) < 4.78 is 42.2. The molecule has 0 aliphatic carbocycles. The third kappa shape index (κ3) is 5.30. The molecule has 2 aliphatic heterocycles. The molecule has 0 spiro atoms. The van der Waals surface area contributed by atoms with Gasteiger partial charge in [0.2, 0.25) is 0 Å². The van der Waals surface area contributed by atoms with Crippen LogP contribution in [-0.4, -0.2) is 49.9 Å². The monoisotopic (exact) mass is 562 g/mol. The summed E-state index contributed by atoms with van der Waals surface area (Å²) in [5.41, 5.74) is 1.30. The molecule has 0 saturated carbocycles. The van der Waals surface area contributed by atoms with E-state index in [0.29, 0.717) is 47.2 Å². The Morgan fingerprint density at radius 3 is 2.63 bits per heavy atom. The molecule has 0 bridgehead atoms. The molecule has 1 amide bonds. The number of hydrogen-bond acceptors (Lipinski definition) is 5. The number of nitrogens with zero attached hydrogens (tertiary/aromatic N) is 4. The lowest BCUT2D eigenvalue weighted by Gasteiger charge is -2.30. The number of likely N-dealkylation sites (tertiary alicyclic amines) is 1. The fourth-order valence-electron chi connectivity index (χ4n) is 4.68. The maximum Gasteiger partial charge on any atom is 0.416 e. The lowest BCUT2D eigenvalue weighted by atomic mass is 9.98. The standard InChI is InChI=1S/C26H22ClF3N4O3S/c1-14-19-10-15(11-22-23(35)31-25(38-22)33-8-6-16(7-9-33)24(36)37)2-5-21(19)34(32-14)13-17-3-4-18(27)12-20(17)26(28,29)30/h2-5,10-12,16H,6-9,13H2,1H3,(H,36,37)/b22-11-. The molecule has 0 atom stereocenters. The number of aliphatic carboxylic acids is 1. The molecule has 2 aromatic carbocycles. The van der Waals surface area contributed by atoms with Crippen LogP contribution in [0.2, 0.25) is 5.02 Å². The number of rotatable bonds is 4. The summed E-state index contributed by atoms with van der Waals surface area (Å²) in [5, 5.41) is 15.0. The van der Waals surface area contributed by atoms with E-state index in [4.69, 9.17) is 11.6 Å². The van der Waals surface area contributed by atoms with Gasteiger partial charge in [-0.2, -0.15) is 23.3 Å². The zero-order chi connectivity index (χ0) is 27.2. The van der Waals surface area contributed by atoms with Crippen molar-refractivity contribution in [2.75, 3.05) is 13.1 Å². The first kappa shape index (κ1) is 26.3. The molecule has 1 fully saturated rings. The average Bonchev–Trinajstić information content (AvgIpc) is 3.38. The maximum atomic E-state index is 13.6. The summed E-state index contributed by atoms with van der Waals surface area (Å²) in [4.78, 5) is 30.3. The molecule has 12 heteroatoms. The molecule has 0 unspecified atom stereocenters. The number of carboxylic acids is 1. The van der Waals surface area contributed by atoms with Crippen molar-refractivity contribution < 1.29 is 27.9 Å². The van der Waals surface area contributed by atoms with Crippen LogP contribution >= 0.6 is 23.4 Å². The number of aliphatic imine (C=N–C) groups is 1. The molecule has 1 aromatic heterocycles. The first-order valence-electron chi connectivity index (χ1n) is 11.8. The number of halogens is 4. The van der Waals surface area contributed by atoms with Gasteiger partial charge in [0.15, 0.2) is 5.17 Å². The predicted octanol–water partition coefficient (Wildman–Crippen LogP) is 5.83. The second-order valence-electron chi connectivity index (χ2n) is 9.23. The summed E-state index contributed by atoms with van der Waals surface area (Å²) in [5.74, 6) is -1.54. The van der Waals surface area contributed by atoms with Crippen LogP contribution in [0.3, 0.4) is 0 Å². The molecule has 3 aromatic rings. The van der Waals surface area contributed by atoms with Crippen molar-refractivity contribution in [2.45, 2.75) is 32.5 Å². The topological polar surface area (TPSA) is 87.8 Å². The molecular formula is C26H22ClF3N4O3S. The quantitative estimate of drug-likeness (QED) is 0.402. The van der Waals surface area contributed by atoms with Crippen LogP contribution in [0, 0.1) is 12.8 Å². The van der Waals surface area contributed by atoms with Crippen molar-refractivity contribution in [3.63, 3.8) is 0 Å². The van der Waals surface area contributed by atoms with Crippen molar-refractivity contribution in [3.8, 4) is 0 Å². The number of piperidine rings is 1. The minimum Gasteiger partial charge on any atom is -0.481 e. The van der Waals surface area contributed by atoms with E-state index < -0.39 is 17.7 Å². The number of fused-ring (bicyclic) bond motifs is 1. The first-order valence-corrected chi connectivity index (χ1v) is 13.0. The van der Waals surface area contributed by atoms with Gasteiger partial charge < -0.3 is 10.0 Å². The van der Waals surface area contributed by atoms with Gasteiger partial charge in [0, 0.05) is 23.5 Å². The van der Waals surface area contributed by atoms with Gasteiger partial charge in [-0.1, -0.05) is 23.7 Å². The molecule has 1 saturated heterocycles. The molecule has 38 heavy (non-hydrogen) atoms. The Morgan fingerprint density at radius 1 is 1.21 bits per heavy atom. The van der Waals surface area contributed by atoms with Gasteiger partial charge in [-0.25, -0.2) is 0 Å². The fourth-order valence-corrected chi connectivity index (χ4v) is 5.82. The lowest BCUT2D eigenvalue weighted by molar-refractivity contribution is -0.143. The molecule has 5 rings (SSSR count). The van der Waals surface area contributed by atoms with Crippen LogP contribution in [0.5, 0.6) is 0 Å². The van der Waals surface area contributed by atoms with E-state index >= 15 is 0 Å². The van der Waals surface area contributed by atoms with Crippen molar-refractivity contribution in [1.29, 1.82) is 0 Å². The number of carboxylic acid groups (broad SMARTS) is 1. The smallest absolute Gasteiger partial charge is 0.416 e. The van der Waals surface area contributed by atoms with Gasteiger partial charge >= 0.3 is 12.1 Å². The average molecular weight is 563 g/mol. The van der Waals surface area contributed by atoms with Crippen LogP contribution in [0.4, 0.5) is 13.2 Å². The molecule has 2 aliphatic rings. The summed E-state index contributed by atoms with van der Waals surface area (Å²) in [6, 6.07) is 9.10. The summed E-state index contributed by atoms with van der Waals surface area (Å²) in [7, 11) is 0. The van der Waals surface area contributed by atoms with Crippen LogP contribution in [0.15, 0.2) is 46.3 Å². The van der Waals surface area contributed by atoms with Crippen LogP contribution in [-0.2, 0) is 22.3 Å². The third-order valence-corrected chi connectivity index (χ3v) is 7.96. The summed E-state index contributed by atoms with van der Waals surface area (Å²) >= 11 is 7.06. The number of aromatic nitrogens is 2. The van der Waals surface area contributed by atoms with Gasteiger partial charge in [-0.3, -0.25) is 14.3 Å². The van der Waals surface area contributed by atoms with E-state index in [2.05, 4.69) is 10.1 Å². The number of alkyl halides is 3. The second kappa shape index (κ2) is 10.1. The van der Waals surface area contributed by atoms with Crippen LogP contribution in [0.25, 0.3) is 17.0 Å². The van der Waals surface area contributed by atoms with E-state index in [1.165, 1.54) is 28.6 Å². The minimum absolute atomic E-state index is 0.0106. The maximum absolute atomic E-state index is 13.6. The highest BCUT2D eigenvalue weighted by Crippen LogP contribution is 2.35. The molecule has 0 radical (unpaired) electrons. The Bertz CT molecular complexity index is 1510. The van der Waals surface area contributed by atoms with Gasteiger partial charge in [0.05, 0.1) is 34.1 Å². The van der Waals surface area contributed by atoms with Crippen molar-refractivity contribution in [3.05, 3.63) is 68.7 Å². The minimum atomic E-state index is -4.55. The van der Waals surface area contributed by atoms with Crippen LogP contribution < -0.4 is 0 Å². The normalized spacial score (nSPS) is 18.0. The van der Waals surface area contributed by atoms with E-state index in [1.807, 2.05) is 11.0 Å². The number of benzene rings is 2. The highest BCUT2D eigenvalue weighted by molar-refractivity contribution is 8.18. The zero-order valence-corrected chi connectivity index (χ0v) is 21.7. The number of carbonyl (C=O) groups is 2. The third-order valence-electron chi connectivity index (χ3n) is 6.68. The number of aryl methyl sites for hydroxylation is 1. The summed E-state index contributed by atoms with van der Waals surface area (Å²) in [6.45, 7) is 2.75. The Hall–Kier alpha value is -3.31. The van der Waals surface area contributed by atoms with Gasteiger partial charge in [0.1, 0.15) is 0 Å². The van der Waals surface area contributed by atoms with Crippen LogP contribution in [0.1, 0.15) is 35.2 Å². The first-order chi connectivity index (χ1) is 18.0. The highest BCUT2D eigenvalue weighted by atomic mass is 35.5. The van der Waals surface area contributed by atoms with Gasteiger partial charge in [-0.15, -0.1) is 0 Å². The van der Waals surface area contributed by atoms with Gasteiger partial charge in [0.25, 0.3) is 5.91 Å². The Morgan fingerprint density at radius 2 is 1.95 bits per heavy atom. The van der Waals surface area contributed by atoms with Gasteiger partial charge in [-0.05, 0) is 73.0 Å². The Kier molecular flexibility index (Phi) is 6.99. The number of hydrogen-bond donors (Lipinski definition) is 1. The molecular weight excluding hydrogens is 541 g/mol. The fraction of sp³-hybridized carbons (Fsp3) is 0.308. The number of thioether (sulfide) groups is 1. The van der Waals surface area contributed by atoms with Crippen molar-refractivity contribution in [1.82, 2.24) is 14.7 Å². The Labute approximate surface area is 225 Å². The second-order valence-corrected chi connectivity index (χ2v) is 10.7. The molecule has 198 valence electrons. The zero-order valence-electron chi connectivity index (χ0n) is 20.1. The van der Waals surface area contributed by atoms with E-state index in [0.717, 1.165) is 17.0 Å². The SMILES string of the molecule is Cc1nn(Cc2ccc(Cl)cc2C(F)(F)F)c2ccc(/C=C3\SC(N4CCC(C(=O)O)CC4)=NC3=O)cc12. The predicted molar refractivity (Wildman–Crippen MR) is 140 cm³/mol. The highest BCUT2D eigenvalue weighted by Gasteiger charge is 2.34.